The highest BCUT2D eigenvalue weighted by molar-refractivity contribution is 5.73. The molecule has 206 valence electrons. The van der Waals surface area contributed by atoms with Crippen LogP contribution in [0.5, 0.6) is 17.8 Å². The summed E-state index contributed by atoms with van der Waals surface area (Å²) in [5, 5.41) is 0. The maximum atomic E-state index is 12.4. The van der Waals surface area contributed by atoms with Gasteiger partial charge in [0.25, 0.3) is 0 Å². The van der Waals surface area contributed by atoms with E-state index in [1.165, 1.54) is 18.2 Å². The molecule has 9 heteroatoms. The molecule has 2 aliphatic heterocycles. The third-order valence-electron chi connectivity index (χ3n) is 7.88. The van der Waals surface area contributed by atoms with Crippen LogP contribution in [0.15, 0.2) is 60.7 Å². The monoisotopic (exact) mass is 531 g/mol. The Balaban J connectivity index is 1.54. The van der Waals surface area contributed by atoms with Crippen molar-refractivity contribution in [1.82, 2.24) is 24.7 Å². The second-order valence-electron chi connectivity index (χ2n) is 10.1. The first kappa shape index (κ1) is 26.9. The number of piperazine rings is 2. The van der Waals surface area contributed by atoms with Gasteiger partial charge in [-0.25, -0.2) is 0 Å². The van der Waals surface area contributed by atoms with E-state index in [-0.39, 0.29) is 29.9 Å². The van der Waals surface area contributed by atoms with Gasteiger partial charge in [0.2, 0.25) is 17.7 Å². The summed E-state index contributed by atoms with van der Waals surface area (Å²) >= 11 is 0. The lowest BCUT2D eigenvalue weighted by Crippen LogP contribution is -2.67. The van der Waals surface area contributed by atoms with Gasteiger partial charge in [-0.1, -0.05) is 60.7 Å². The van der Waals surface area contributed by atoms with Crippen molar-refractivity contribution >= 4 is 5.91 Å². The largest absolute Gasteiger partial charge is 0.481 e. The lowest BCUT2D eigenvalue weighted by Gasteiger charge is -2.53. The first-order valence-electron chi connectivity index (χ1n) is 13.4. The quantitative estimate of drug-likeness (QED) is 0.439. The van der Waals surface area contributed by atoms with Crippen LogP contribution in [0.25, 0.3) is 0 Å². The Hall–Kier alpha value is -3.69. The average Bonchev–Trinajstić information content (AvgIpc) is 2.98. The Bertz CT molecular complexity index is 1190. The van der Waals surface area contributed by atoms with E-state index in [2.05, 4.69) is 80.4 Å². The molecule has 2 fully saturated rings. The summed E-state index contributed by atoms with van der Waals surface area (Å²) in [6.07, 6.45) is 0. The fraction of sp³-hybridized carbons (Fsp3) is 0.433. The minimum absolute atomic E-state index is 0.123. The molecule has 0 saturated carbocycles. The number of carbonyl (C=O) groups is 1. The predicted octanol–water partition coefficient (Wildman–Crippen LogP) is 3.05. The maximum absolute atomic E-state index is 12.4. The number of amides is 1. The molecule has 1 amide bonds. The number of carbonyl (C=O) groups excluding carboxylic acids is 1. The van der Waals surface area contributed by atoms with E-state index in [9.17, 15) is 4.79 Å². The van der Waals surface area contributed by atoms with Crippen molar-refractivity contribution in [2.24, 2.45) is 0 Å². The molecular weight excluding hydrogens is 494 g/mol. The first-order valence-corrected chi connectivity index (χ1v) is 13.4. The van der Waals surface area contributed by atoms with Crippen molar-refractivity contribution in [3.63, 3.8) is 0 Å². The van der Waals surface area contributed by atoms with Crippen LogP contribution < -0.4 is 14.2 Å². The molecule has 0 unspecified atom stereocenters. The van der Waals surface area contributed by atoms with Gasteiger partial charge in [0.05, 0.1) is 26.9 Å². The van der Waals surface area contributed by atoms with Crippen molar-refractivity contribution < 1.29 is 19.0 Å². The smallest absolute Gasteiger partial charge is 0.322 e. The highest BCUT2D eigenvalue weighted by atomic mass is 16.5. The zero-order valence-electron chi connectivity index (χ0n) is 23.1. The average molecular weight is 532 g/mol. The van der Waals surface area contributed by atoms with Crippen molar-refractivity contribution in [2.75, 3.05) is 54.1 Å². The van der Waals surface area contributed by atoms with Gasteiger partial charge in [0.1, 0.15) is 0 Å². The number of methoxy groups -OCH3 is 3. The maximum Gasteiger partial charge on any atom is 0.322 e. The second kappa shape index (κ2) is 12.0. The highest BCUT2D eigenvalue weighted by Gasteiger charge is 2.43. The van der Waals surface area contributed by atoms with Crippen molar-refractivity contribution in [3.05, 3.63) is 77.4 Å². The number of fused-ring (bicyclic) bond motifs is 1. The topological polar surface area (TPSA) is 80.3 Å². The van der Waals surface area contributed by atoms with Gasteiger partial charge in [0, 0.05) is 64.2 Å². The minimum Gasteiger partial charge on any atom is -0.481 e. The van der Waals surface area contributed by atoms with E-state index in [1.54, 1.807) is 21.1 Å². The van der Waals surface area contributed by atoms with Crippen molar-refractivity contribution in [2.45, 2.75) is 31.5 Å². The standard InChI is InChI=1S/C30H37N5O4/c1-21(36)34-15-16-35-24(18-34)17-33(19-25-28(37-2)31-30(39-4)32-29(25)38-3)20-26(35)27(22-11-7-5-8-12-22)23-13-9-6-10-14-23/h5-14,24,26-27H,15-20H2,1-4H3/t24-,26+/m1/s1. The number of rotatable bonds is 8. The molecule has 0 bridgehead atoms. The molecule has 0 spiro atoms. The van der Waals surface area contributed by atoms with Crippen LogP contribution in [0.3, 0.4) is 0 Å². The van der Waals surface area contributed by atoms with Crippen molar-refractivity contribution in [1.29, 1.82) is 0 Å². The molecule has 5 rings (SSSR count). The Morgan fingerprint density at radius 2 is 1.44 bits per heavy atom. The van der Waals surface area contributed by atoms with Crippen LogP contribution in [0, 0.1) is 0 Å². The molecule has 2 aromatic carbocycles. The van der Waals surface area contributed by atoms with Crippen LogP contribution in [0.2, 0.25) is 0 Å². The fourth-order valence-electron chi connectivity index (χ4n) is 6.09. The predicted molar refractivity (Wildman–Crippen MR) is 148 cm³/mol. The summed E-state index contributed by atoms with van der Waals surface area (Å²) in [5.41, 5.74) is 3.35. The Morgan fingerprint density at radius 3 is 1.95 bits per heavy atom. The summed E-state index contributed by atoms with van der Waals surface area (Å²) in [4.78, 5) is 28.2. The SMILES string of the molecule is COc1nc(OC)c(CN2C[C@@H]3CN(C(C)=O)CCN3[C@H](C(c3ccccc3)c3ccccc3)C2)c(OC)n1. The highest BCUT2D eigenvalue weighted by Crippen LogP contribution is 2.37. The molecule has 3 heterocycles. The fourth-order valence-corrected chi connectivity index (χ4v) is 6.09. The molecule has 2 saturated heterocycles. The lowest BCUT2D eigenvalue weighted by atomic mass is 9.81. The van der Waals surface area contributed by atoms with Gasteiger partial charge < -0.3 is 19.1 Å². The number of hydrogen-bond donors (Lipinski definition) is 0. The minimum atomic E-state index is 0.123. The van der Waals surface area contributed by atoms with Crippen LogP contribution in [0.4, 0.5) is 0 Å². The Kier molecular flexibility index (Phi) is 8.28. The number of ether oxygens (including phenoxy) is 3. The van der Waals surface area contributed by atoms with Gasteiger partial charge in [-0.3, -0.25) is 14.6 Å². The number of nitrogens with zero attached hydrogens (tertiary/aromatic N) is 5. The molecule has 0 radical (unpaired) electrons. The third kappa shape index (κ3) is 5.69. The van der Waals surface area contributed by atoms with Gasteiger partial charge in [-0.15, -0.1) is 0 Å². The van der Waals surface area contributed by atoms with Crippen LogP contribution in [-0.4, -0.2) is 96.7 Å². The molecule has 2 aliphatic rings. The van der Waals surface area contributed by atoms with Crippen molar-refractivity contribution in [3.8, 4) is 17.8 Å². The lowest BCUT2D eigenvalue weighted by molar-refractivity contribution is -0.134. The third-order valence-corrected chi connectivity index (χ3v) is 7.88. The van der Waals surface area contributed by atoms with E-state index >= 15 is 0 Å². The molecular formula is C30H37N5O4. The van der Waals surface area contributed by atoms with Crippen LogP contribution in [0.1, 0.15) is 29.5 Å². The first-order chi connectivity index (χ1) is 19.0. The zero-order valence-corrected chi connectivity index (χ0v) is 23.1. The summed E-state index contributed by atoms with van der Waals surface area (Å²) in [7, 11) is 4.71. The Morgan fingerprint density at radius 1 is 0.846 bits per heavy atom. The van der Waals surface area contributed by atoms with Gasteiger partial charge >= 0.3 is 6.01 Å². The molecule has 39 heavy (non-hydrogen) atoms. The molecule has 3 aromatic rings. The normalized spacial score (nSPS) is 20.0. The molecule has 9 nitrogen and oxygen atoms in total. The van der Waals surface area contributed by atoms with E-state index < -0.39 is 0 Å². The van der Waals surface area contributed by atoms with E-state index in [0.717, 1.165) is 31.7 Å². The van der Waals surface area contributed by atoms with E-state index in [4.69, 9.17) is 14.2 Å². The van der Waals surface area contributed by atoms with Crippen LogP contribution >= 0.6 is 0 Å². The van der Waals surface area contributed by atoms with E-state index in [0.29, 0.717) is 24.8 Å². The Labute approximate surface area is 230 Å². The van der Waals surface area contributed by atoms with E-state index in [1.807, 2.05) is 4.90 Å². The van der Waals surface area contributed by atoms with Gasteiger partial charge in [-0.2, -0.15) is 9.97 Å². The molecule has 2 atom stereocenters. The zero-order chi connectivity index (χ0) is 27.4. The summed E-state index contributed by atoms with van der Waals surface area (Å²) in [6, 6.07) is 22.1. The number of hydrogen-bond acceptors (Lipinski definition) is 8. The summed E-state index contributed by atoms with van der Waals surface area (Å²) in [6.45, 7) is 6.12. The summed E-state index contributed by atoms with van der Waals surface area (Å²) < 4.78 is 16.5. The molecule has 0 aliphatic carbocycles. The number of aromatic nitrogens is 2. The number of benzene rings is 2. The van der Waals surface area contributed by atoms with Crippen LogP contribution in [-0.2, 0) is 11.3 Å². The molecule has 0 N–H and O–H groups in total. The molecule has 1 aromatic heterocycles. The van der Waals surface area contributed by atoms with Gasteiger partial charge in [-0.05, 0) is 11.1 Å². The summed E-state index contributed by atoms with van der Waals surface area (Å²) in [5.74, 6) is 1.17. The van der Waals surface area contributed by atoms with Gasteiger partial charge in [0.15, 0.2) is 0 Å². The second-order valence-corrected chi connectivity index (χ2v) is 10.1.